The van der Waals surface area contributed by atoms with Crippen molar-refractivity contribution in [3.05, 3.63) is 41.1 Å². The van der Waals surface area contributed by atoms with Gasteiger partial charge in [-0.25, -0.2) is 4.79 Å². The first-order valence-corrected chi connectivity index (χ1v) is 5.73. The van der Waals surface area contributed by atoms with Crippen LogP contribution >= 0.6 is 0 Å². The quantitative estimate of drug-likeness (QED) is 0.641. The van der Waals surface area contributed by atoms with Crippen molar-refractivity contribution in [2.24, 2.45) is 0 Å². The van der Waals surface area contributed by atoms with Gasteiger partial charge in [-0.15, -0.1) is 0 Å². The molecule has 0 saturated heterocycles. The fourth-order valence-corrected chi connectivity index (χ4v) is 1.50. The maximum absolute atomic E-state index is 11.3. The van der Waals surface area contributed by atoms with E-state index in [4.69, 9.17) is 4.74 Å². The van der Waals surface area contributed by atoms with E-state index >= 15 is 0 Å². The molecule has 0 amide bonds. The molecule has 0 aliphatic carbocycles. The Balaban J connectivity index is 2.77. The lowest BCUT2D eigenvalue weighted by Gasteiger charge is -2.11. The second-order valence-electron chi connectivity index (χ2n) is 3.95. The number of nitrogens with one attached hydrogen (secondary N) is 1. The molecular weight excluding hydrogens is 214 g/mol. The Bertz CT molecular complexity index is 436. The normalized spacial score (nSPS) is 11.2. The van der Waals surface area contributed by atoms with E-state index in [2.05, 4.69) is 25.2 Å². The molecule has 0 atom stereocenters. The van der Waals surface area contributed by atoms with Crippen LogP contribution < -0.4 is 5.32 Å². The maximum Gasteiger partial charge on any atom is 0.332 e. The van der Waals surface area contributed by atoms with Gasteiger partial charge < -0.3 is 10.1 Å². The number of hydrogen-bond acceptors (Lipinski definition) is 3. The van der Waals surface area contributed by atoms with E-state index in [1.54, 1.807) is 6.92 Å². The second kappa shape index (κ2) is 6.09. The number of carbonyl (C=O) groups excluding carboxylic acids is 1. The van der Waals surface area contributed by atoms with E-state index in [0.29, 0.717) is 6.61 Å². The van der Waals surface area contributed by atoms with Crippen LogP contribution in [0, 0.1) is 13.8 Å². The van der Waals surface area contributed by atoms with E-state index in [1.807, 2.05) is 19.1 Å². The number of benzene rings is 1. The molecule has 3 nitrogen and oxygen atoms in total. The Morgan fingerprint density at radius 1 is 1.41 bits per heavy atom. The van der Waals surface area contributed by atoms with Crippen molar-refractivity contribution >= 4 is 11.7 Å². The SMILES string of the molecule is CCOC(=O)/C=C(\C)Nc1cccc(C)c1C. The van der Waals surface area contributed by atoms with Crippen LogP contribution in [0.1, 0.15) is 25.0 Å². The second-order valence-corrected chi connectivity index (χ2v) is 3.95. The predicted octanol–water partition coefficient (Wildman–Crippen LogP) is 3.18. The topological polar surface area (TPSA) is 38.3 Å². The molecule has 0 radical (unpaired) electrons. The molecule has 1 N–H and O–H groups in total. The summed E-state index contributed by atoms with van der Waals surface area (Å²) in [5.74, 6) is -0.317. The van der Waals surface area contributed by atoms with E-state index in [-0.39, 0.29) is 5.97 Å². The average molecular weight is 233 g/mol. The lowest BCUT2D eigenvalue weighted by molar-refractivity contribution is -0.137. The number of anilines is 1. The smallest absolute Gasteiger partial charge is 0.332 e. The summed E-state index contributed by atoms with van der Waals surface area (Å²) < 4.78 is 4.85. The molecule has 0 aliphatic rings. The summed E-state index contributed by atoms with van der Waals surface area (Å²) in [5, 5.41) is 3.20. The van der Waals surface area contributed by atoms with Gasteiger partial charge in [-0.1, -0.05) is 12.1 Å². The summed E-state index contributed by atoms with van der Waals surface area (Å²) in [6, 6.07) is 6.04. The Morgan fingerprint density at radius 2 is 2.12 bits per heavy atom. The zero-order valence-electron chi connectivity index (χ0n) is 10.8. The van der Waals surface area contributed by atoms with Gasteiger partial charge in [0.2, 0.25) is 0 Å². The van der Waals surface area contributed by atoms with Crippen molar-refractivity contribution in [2.45, 2.75) is 27.7 Å². The first-order chi connectivity index (χ1) is 8.04. The van der Waals surface area contributed by atoms with Crippen molar-refractivity contribution in [3.8, 4) is 0 Å². The number of allylic oxidation sites excluding steroid dienone is 1. The van der Waals surface area contributed by atoms with Crippen molar-refractivity contribution in [3.63, 3.8) is 0 Å². The molecule has 0 bridgehead atoms. The molecule has 1 aromatic rings. The molecule has 17 heavy (non-hydrogen) atoms. The fourth-order valence-electron chi connectivity index (χ4n) is 1.50. The van der Waals surface area contributed by atoms with Gasteiger partial charge in [0.15, 0.2) is 0 Å². The largest absolute Gasteiger partial charge is 0.463 e. The van der Waals surface area contributed by atoms with E-state index in [9.17, 15) is 4.79 Å². The number of ether oxygens (including phenoxy) is 1. The molecule has 0 aromatic heterocycles. The van der Waals surface area contributed by atoms with Gasteiger partial charge in [-0.2, -0.15) is 0 Å². The molecule has 0 unspecified atom stereocenters. The zero-order chi connectivity index (χ0) is 12.8. The number of rotatable bonds is 4. The molecule has 0 heterocycles. The van der Waals surface area contributed by atoms with Crippen LogP contribution in [0.2, 0.25) is 0 Å². The van der Waals surface area contributed by atoms with Gasteiger partial charge >= 0.3 is 5.97 Å². The zero-order valence-corrected chi connectivity index (χ0v) is 10.8. The highest BCUT2D eigenvalue weighted by molar-refractivity contribution is 5.83. The number of carbonyl (C=O) groups is 1. The van der Waals surface area contributed by atoms with Crippen LogP contribution in [0.4, 0.5) is 5.69 Å². The predicted molar refractivity (Wildman–Crippen MR) is 69.9 cm³/mol. The van der Waals surface area contributed by atoms with Crippen LogP contribution in [-0.2, 0) is 9.53 Å². The molecule has 0 spiro atoms. The van der Waals surface area contributed by atoms with Crippen LogP contribution in [0.3, 0.4) is 0 Å². The highest BCUT2D eigenvalue weighted by Crippen LogP contribution is 2.19. The first kappa shape index (κ1) is 13.3. The summed E-state index contributed by atoms with van der Waals surface area (Å²) >= 11 is 0. The van der Waals surface area contributed by atoms with Crippen molar-refractivity contribution in [2.75, 3.05) is 11.9 Å². The van der Waals surface area contributed by atoms with E-state index in [1.165, 1.54) is 17.2 Å². The summed E-state index contributed by atoms with van der Waals surface area (Å²) in [7, 11) is 0. The van der Waals surface area contributed by atoms with Gasteiger partial charge in [-0.05, 0) is 44.9 Å². The van der Waals surface area contributed by atoms with Crippen molar-refractivity contribution < 1.29 is 9.53 Å². The van der Waals surface area contributed by atoms with Crippen molar-refractivity contribution in [1.82, 2.24) is 0 Å². The summed E-state index contributed by atoms with van der Waals surface area (Å²) in [5.41, 5.74) is 4.20. The Hall–Kier alpha value is -1.77. The van der Waals surface area contributed by atoms with Crippen LogP contribution in [-0.4, -0.2) is 12.6 Å². The van der Waals surface area contributed by atoms with Gasteiger partial charge in [0.05, 0.1) is 6.61 Å². The van der Waals surface area contributed by atoms with E-state index in [0.717, 1.165) is 11.4 Å². The molecule has 1 rings (SSSR count). The van der Waals surface area contributed by atoms with Gasteiger partial charge in [-0.3, -0.25) is 0 Å². The van der Waals surface area contributed by atoms with Crippen LogP contribution in [0.25, 0.3) is 0 Å². The van der Waals surface area contributed by atoms with Crippen LogP contribution in [0.15, 0.2) is 30.0 Å². The molecule has 0 saturated carbocycles. The Labute approximate surface area is 102 Å². The minimum Gasteiger partial charge on any atom is -0.463 e. The molecular formula is C14H19NO2. The lowest BCUT2D eigenvalue weighted by atomic mass is 10.1. The molecule has 92 valence electrons. The van der Waals surface area contributed by atoms with Gasteiger partial charge in [0.1, 0.15) is 0 Å². The Kier molecular flexibility index (Phi) is 4.76. The third-order valence-corrected chi connectivity index (χ3v) is 2.56. The molecule has 0 aliphatic heterocycles. The summed E-state index contributed by atoms with van der Waals surface area (Å²) in [4.78, 5) is 11.3. The third-order valence-electron chi connectivity index (χ3n) is 2.56. The minimum atomic E-state index is -0.317. The number of esters is 1. The summed E-state index contributed by atoms with van der Waals surface area (Å²) in [6.45, 7) is 8.14. The third kappa shape index (κ3) is 3.94. The fraction of sp³-hybridized carbons (Fsp3) is 0.357. The monoisotopic (exact) mass is 233 g/mol. The molecule has 0 fully saturated rings. The summed E-state index contributed by atoms with van der Waals surface area (Å²) in [6.07, 6.45) is 1.46. The maximum atomic E-state index is 11.3. The molecule has 3 heteroatoms. The highest BCUT2D eigenvalue weighted by atomic mass is 16.5. The van der Waals surface area contributed by atoms with Gasteiger partial charge in [0.25, 0.3) is 0 Å². The minimum absolute atomic E-state index is 0.317. The first-order valence-electron chi connectivity index (χ1n) is 5.73. The lowest BCUT2D eigenvalue weighted by Crippen LogP contribution is -2.05. The molecule has 1 aromatic carbocycles. The average Bonchev–Trinajstić information content (AvgIpc) is 2.25. The number of aryl methyl sites for hydroxylation is 1. The van der Waals surface area contributed by atoms with Crippen LogP contribution in [0.5, 0.6) is 0 Å². The Morgan fingerprint density at radius 3 is 2.76 bits per heavy atom. The van der Waals surface area contributed by atoms with Crippen molar-refractivity contribution in [1.29, 1.82) is 0 Å². The van der Waals surface area contributed by atoms with Gasteiger partial charge in [0, 0.05) is 17.5 Å². The standard InChI is InChI=1S/C14H19NO2/c1-5-17-14(16)9-11(3)15-13-8-6-7-10(2)12(13)4/h6-9,15H,5H2,1-4H3/b11-9+. The highest BCUT2D eigenvalue weighted by Gasteiger charge is 2.02. The number of hydrogen-bond donors (Lipinski definition) is 1. The van der Waals surface area contributed by atoms with E-state index < -0.39 is 0 Å².